The number of amides is 2. The van der Waals surface area contributed by atoms with E-state index >= 15 is 0 Å². The summed E-state index contributed by atoms with van der Waals surface area (Å²) in [6.07, 6.45) is 1.26. The number of benzene rings is 1. The van der Waals surface area contributed by atoms with Crippen LogP contribution in [0.1, 0.15) is 63.4 Å². The Hall–Kier alpha value is -1.82. The molecule has 0 bridgehead atoms. The third-order valence-corrected chi connectivity index (χ3v) is 6.25. The maximum Gasteiger partial charge on any atom is 0.414 e. The van der Waals surface area contributed by atoms with Crippen molar-refractivity contribution < 1.29 is 14.3 Å². The van der Waals surface area contributed by atoms with Crippen LogP contribution in [0.2, 0.25) is 0 Å². The van der Waals surface area contributed by atoms with Crippen LogP contribution in [-0.4, -0.2) is 47.0 Å². The van der Waals surface area contributed by atoms with Crippen LogP contribution >= 0.6 is 15.9 Å². The Morgan fingerprint density at radius 3 is 2.29 bits per heavy atom. The first kappa shape index (κ1) is 22.5. The molecule has 0 aliphatic carbocycles. The Morgan fingerprint density at radius 2 is 1.79 bits per heavy atom. The summed E-state index contributed by atoms with van der Waals surface area (Å²) in [4.78, 5) is 28.5. The van der Waals surface area contributed by atoms with Crippen LogP contribution in [0.5, 0.6) is 0 Å². The topological polar surface area (TPSA) is 49.9 Å². The van der Waals surface area contributed by atoms with Crippen molar-refractivity contribution in [3.63, 3.8) is 0 Å². The number of carbonyl (C=O) groups is 2. The maximum atomic E-state index is 12.6. The number of allylic oxidation sites excluding steroid dienone is 1. The van der Waals surface area contributed by atoms with Crippen molar-refractivity contribution in [2.75, 3.05) is 19.6 Å². The number of hydrogen-bond acceptors (Lipinski definition) is 3. The number of hydrogen-bond donors (Lipinski definition) is 0. The standard InChI is InChI=1S/C22H31BrN2O3/c1-7-24(8-2)19(26)17-10-12-18(13-11-17)22(23)14-9-15-25(16(22)3)20(27)28-21(4,5)6/h10-13H,3,7-9,14-15H2,1-2,4-6H3. The second-order valence-corrected chi connectivity index (χ2v) is 9.39. The monoisotopic (exact) mass is 450 g/mol. The molecule has 2 amide bonds. The van der Waals surface area contributed by atoms with E-state index in [2.05, 4.69) is 22.5 Å². The smallest absolute Gasteiger partial charge is 0.414 e. The highest BCUT2D eigenvalue weighted by atomic mass is 79.9. The predicted octanol–water partition coefficient (Wildman–Crippen LogP) is 5.30. The lowest BCUT2D eigenvalue weighted by atomic mass is 9.87. The van der Waals surface area contributed by atoms with E-state index < -0.39 is 9.93 Å². The fraction of sp³-hybridized carbons (Fsp3) is 0.545. The number of ether oxygens (including phenoxy) is 1. The van der Waals surface area contributed by atoms with Gasteiger partial charge in [0.15, 0.2) is 0 Å². The van der Waals surface area contributed by atoms with E-state index in [0.717, 1.165) is 18.4 Å². The molecule has 1 heterocycles. The van der Waals surface area contributed by atoms with Crippen LogP contribution in [0.25, 0.3) is 0 Å². The van der Waals surface area contributed by atoms with Gasteiger partial charge in [-0.1, -0.05) is 34.6 Å². The van der Waals surface area contributed by atoms with Gasteiger partial charge < -0.3 is 9.64 Å². The Labute approximate surface area is 176 Å². The number of rotatable bonds is 4. The molecule has 154 valence electrons. The van der Waals surface area contributed by atoms with Crippen molar-refractivity contribution in [1.29, 1.82) is 0 Å². The summed E-state index contributed by atoms with van der Waals surface area (Å²) >= 11 is 3.83. The summed E-state index contributed by atoms with van der Waals surface area (Å²) < 4.78 is 4.98. The van der Waals surface area contributed by atoms with Gasteiger partial charge in [0.05, 0.1) is 4.32 Å². The van der Waals surface area contributed by atoms with Crippen molar-refractivity contribution in [2.45, 2.75) is 57.4 Å². The van der Waals surface area contributed by atoms with Gasteiger partial charge in [-0.2, -0.15) is 0 Å². The quantitative estimate of drug-likeness (QED) is 0.584. The Bertz CT molecular complexity index is 735. The van der Waals surface area contributed by atoms with Crippen molar-refractivity contribution in [1.82, 2.24) is 9.80 Å². The number of likely N-dealkylation sites (tertiary alicyclic amines) is 1. The molecule has 1 aliphatic heterocycles. The van der Waals surface area contributed by atoms with Crippen LogP contribution in [0.15, 0.2) is 36.5 Å². The number of alkyl halides is 1. The summed E-state index contributed by atoms with van der Waals surface area (Å²) in [6, 6.07) is 7.57. The minimum atomic E-state index is -0.559. The molecule has 2 rings (SSSR count). The normalized spacial score (nSPS) is 20.1. The van der Waals surface area contributed by atoms with Crippen molar-refractivity contribution >= 4 is 27.9 Å². The molecular weight excluding hydrogens is 420 g/mol. The average Bonchev–Trinajstić information content (AvgIpc) is 2.63. The Kier molecular flexibility index (Phi) is 6.97. The zero-order valence-electron chi connectivity index (χ0n) is 17.5. The van der Waals surface area contributed by atoms with Crippen LogP contribution in [-0.2, 0) is 9.06 Å². The number of piperidine rings is 1. The molecule has 0 spiro atoms. The third kappa shape index (κ3) is 4.77. The van der Waals surface area contributed by atoms with Crippen LogP contribution in [0, 0.1) is 0 Å². The Balaban J connectivity index is 2.24. The highest BCUT2D eigenvalue weighted by Crippen LogP contribution is 2.46. The predicted molar refractivity (Wildman–Crippen MR) is 116 cm³/mol. The van der Waals surface area contributed by atoms with E-state index in [4.69, 9.17) is 4.74 Å². The zero-order chi connectivity index (χ0) is 21.1. The lowest BCUT2D eigenvalue weighted by molar-refractivity contribution is 0.0272. The highest BCUT2D eigenvalue weighted by molar-refractivity contribution is 9.09. The largest absolute Gasteiger partial charge is 0.443 e. The van der Waals surface area contributed by atoms with Crippen molar-refractivity contribution in [3.8, 4) is 0 Å². The molecule has 5 nitrogen and oxygen atoms in total. The van der Waals surface area contributed by atoms with E-state index in [-0.39, 0.29) is 12.0 Å². The molecule has 0 N–H and O–H groups in total. The first-order valence-corrected chi connectivity index (χ1v) is 10.6. The molecule has 6 heteroatoms. The van der Waals surface area contributed by atoms with E-state index in [0.29, 0.717) is 30.9 Å². The first-order valence-electron chi connectivity index (χ1n) is 9.82. The highest BCUT2D eigenvalue weighted by Gasteiger charge is 2.41. The van der Waals surface area contributed by atoms with Crippen LogP contribution in [0.3, 0.4) is 0 Å². The van der Waals surface area contributed by atoms with Crippen LogP contribution < -0.4 is 0 Å². The van der Waals surface area contributed by atoms with Gasteiger partial charge in [-0.25, -0.2) is 4.79 Å². The molecule has 1 aromatic rings. The van der Waals surface area contributed by atoms with Gasteiger partial charge in [0.1, 0.15) is 5.60 Å². The lowest BCUT2D eigenvalue weighted by Crippen LogP contribution is -2.45. The van der Waals surface area contributed by atoms with Gasteiger partial charge in [0, 0.05) is 30.9 Å². The molecule has 1 fully saturated rings. The van der Waals surface area contributed by atoms with Gasteiger partial charge in [-0.15, -0.1) is 0 Å². The third-order valence-electron chi connectivity index (χ3n) is 4.94. The van der Waals surface area contributed by atoms with Gasteiger partial charge in [-0.05, 0) is 65.2 Å². The molecule has 1 atom stereocenters. The molecule has 0 aromatic heterocycles. The summed E-state index contributed by atoms with van der Waals surface area (Å²) in [5.41, 5.74) is 1.74. The number of carbonyl (C=O) groups excluding carboxylic acids is 2. The van der Waals surface area contributed by atoms with Crippen molar-refractivity contribution in [3.05, 3.63) is 47.7 Å². The fourth-order valence-electron chi connectivity index (χ4n) is 3.37. The summed E-state index contributed by atoms with van der Waals surface area (Å²) in [6.45, 7) is 15.6. The first-order chi connectivity index (χ1) is 13.0. The zero-order valence-corrected chi connectivity index (χ0v) is 19.1. The summed E-state index contributed by atoms with van der Waals surface area (Å²) in [5, 5.41) is 0. The second kappa shape index (κ2) is 8.68. The fourth-order valence-corrected chi connectivity index (χ4v) is 4.13. The second-order valence-electron chi connectivity index (χ2n) is 8.04. The van der Waals surface area contributed by atoms with Crippen molar-refractivity contribution in [2.24, 2.45) is 0 Å². The van der Waals surface area contributed by atoms with Gasteiger partial charge >= 0.3 is 6.09 Å². The van der Waals surface area contributed by atoms with Gasteiger partial charge in [0.2, 0.25) is 0 Å². The van der Waals surface area contributed by atoms with Crippen LogP contribution in [0.4, 0.5) is 4.79 Å². The molecule has 0 saturated carbocycles. The molecule has 0 radical (unpaired) electrons. The molecular formula is C22H31BrN2O3. The summed E-state index contributed by atoms with van der Waals surface area (Å²) in [5.74, 6) is 0.0259. The molecule has 1 aliphatic rings. The molecule has 28 heavy (non-hydrogen) atoms. The lowest BCUT2D eigenvalue weighted by Gasteiger charge is -2.41. The van der Waals surface area contributed by atoms with E-state index in [9.17, 15) is 9.59 Å². The maximum absolute atomic E-state index is 12.6. The number of halogens is 1. The van der Waals surface area contributed by atoms with Gasteiger partial charge in [-0.3, -0.25) is 9.69 Å². The SMILES string of the molecule is C=C1N(C(=O)OC(C)(C)C)CCCC1(Br)c1ccc(C(=O)N(CC)CC)cc1. The average molecular weight is 451 g/mol. The molecule has 1 unspecified atom stereocenters. The van der Waals surface area contributed by atoms with E-state index in [1.165, 1.54) is 0 Å². The minimum absolute atomic E-state index is 0.0259. The minimum Gasteiger partial charge on any atom is -0.443 e. The molecule has 1 aromatic carbocycles. The molecule has 1 saturated heterocycles. The Morgan fingerprint density at radius 1 is 1.21 bits per heavy atom. The number of nitrogens with zero attached hydrogens (tertiary/aromatic N) is 2. The van der Waals surface area contributed by atoms with Gasteiger partial charge in [0.25, 0.3) is 5.91 Å². The summed E-state index contributed by atoms with van der Waals surface area (Å²) in [7, 11) is 0. The van der Waals surface area contributed by atoms with E-state index in [1.54, 1.807) is 9.80 Å². The van der Waals surface area contributed by atoms with E-state index in [1.807, 2.05) is 58.9 Å².